The molecule has 1 N–H and O–H groups in total. The molecule has 6 nitrogen and oxygen atoms in total. The molecule has 1 unspecified atom stereocenters. The van der Waals surface area contributed by atoms with Crippen LogP contribution in [0.2, 0.25) is 0 Å². The number of benzene rings is 2. The highest BCUT2D eigenvalue weighted by Gasteiger charge is 2.31. The Morgan fingerprint density at radius 3 is 2.27 bits per heavy atom. The molecule has 0 saturated carbocycles. The van der Waals surface area contributed by atoms with E-state index in [-0.39, 0.29) is 17.6 Å². The highest BCUT2D eigenvalue weighted by Crippen LogP contribution is 2.23. The van der Waals surface area contributed by atoms with Gasteiger partial charge in [-0.2, -0.15) is 0 Å². The first-order chi connectivity index (χ1) is 12.3. The maximum Gasteiger partial charge on any atom is 0.253 e. The van der Waals surface area contributed by atoms with Gasteiger partial charge in [-0.1, -0.05) is 18.2 Å². The molecule has 2 aromatic carbocycles. The van der Waals surface area contributed by atoms with E-state index in [0.29, 0.717) is 36.3 Å². The van der Waals surface area contributed by atoms with Crippen molar-refractivity contribution < 1.29 is 18.0 Å². The molecule has 1 heterocycles. The first-order valence-corrected chi connectivity index (χ1v) is 10.2. The number of carbonyl (C=O) groups is 2. The summed E-state index contributed by atoms with van der Waals surface area (Å²) in [6.45, 7) is 0.952. The molecule has 136 valence electrons. The smallest absolute Gasteiger partial charge is 0.253 e. The van der Waals surface area contributed by atoms with Crippen LogP contribution in [0.3, 0.4) is 0 Å². The Balaban J connectivity index is 1.65. The second-order valence-electron chi connectivity index (χ2n) is 6.42. The summed E-state index contributed by atoms with van der Waals surface area (Å²) in [7, 11) is -3.35. The van der Waals surface area contributed by atoms with Crippen LogP contribution in [0, 0.1) is 5.92 Å². The van der Waals surface area contributed by atoms with Gasteiger partial charge in [-0.15, -0.1) is 0 Å². The maximum absolute atomic E-state index is 12.7. The molecule has 0 radical (unpaired) electrons. The van der Waals surface area contributed by atoms with Crippen molar-refractivity contribution in [2.75, 3.05) is 24.1 Å². The number of likely N-dealkylation sites (tertiary alicyclic amines) is 1. The minimum Gasteiger partial charge on any atom is -0.338 e. The van der Waals surface area contributed by atoms with Crippen molar-refractivity contribution in [3.05, 3.63) is 65.7 Å². The van der Waals surface area contributed by atoms with Crippen LogP contribution in [0.25, 0.3) is 0 Å². The topological polar surface area (TPSA) is 83.6 Å². The molecule has 0 bridgehead atoms. The summed E-state index contributed by atoms with van der Waals surface area (Å²) in [4.78, 5) is 26.9. The lowest BCUT2D eigenvalue weighted by molar-refractivity contribution is 0.0780. The SMILES string of the molecule is CS(=O)(=O)Nc1ccc(C(=O)C2CCN(C(=O)c3ccccc3)C2)cc1. The number of amides is 1. The summed E-state index contributed by atoms with van der Waals surface area (Å²) in [6, 6.07) is 15.4. The standard InChI is InChI=1S/C19H20N2O4S/c1-26(24,25)20-17-9-7-14(8-10-17)18(22)16-11-12-21(13-16)19(23)15-5-3-2-4-6-15/h2-10,16,20H,11-13H2,1H3. The highest BCUT2D eigenvalue weighted by molar-refractivity contribution is 7.92. The number of hydrogen-bond donors (Lipinski definition) is 1. The Morgan fingerprint density at radius 1 is 1.00 bits per heavy atom. The molecule has 1 fully saturated rings. The average molecular weight is 372 g/mol. The quantitative estimate of drug-likeness (QED) is 0.817. The number of rotatable bonds is 5. The summed E-state index contributed by atoms with van der Waals surface area (Å²) in [5, 5.41) is 0. The number of carbonyl (C=O) groups excluding carboxylic acids is 2. The van der Waals surface area contributed by atoms with Gasteiger partial charge in [0.1, 0.15) is 0 Å². The summed E-state index contributed by atoms with van der Waals surface area (Å²) in [5.41, 5.74) is 1.55. The first-order valence-electron chi connectivity index (χ1n) is 8.30. The van der Waals surface area contributed by atoms with E-state index in [1.807, 2.05) is 18.2 Å². The molecule has 7 heteroatoms. The Kier molecular flexibility index (Phi) is 5.08. The number of anilines is 1. The molecule has 1 saturated heterocycles. The Morgan fingerprint density at radius 2 is 1.65 bits per heavy atom. The van der Waals surface area contributed by atoms with E-state index >= 15 is 0 Å². The Bertz CT molecular complexity index is 908. The van der Waals surface area contributed by atoms with E-state index in [1.54, 1.807) is 41.3 Å². The van der Waals surface area contributed by atoms with Crippen molar-refractivity contribution in [1.82, 2.24) is 4.90 Å². The fourth-order valence-corrected chi connectivity index (χ4v) is 3.64. The van der Waals surface area contributed by atoms with Crippen LogP contribution in [-0.4, -0.2) is 44.4 Å². The molecule has 3 rings (SSSR count). The molecule has 0 spiro atoms. The molecule has 26 heavy (non-hydrogen) atoms. The number of sulfonamides is 1. The lowest BCUT2D eigenvalue weighted by Crippen LogP contribution is -2.29. The predicted octanol–water partition coefficient (Wildman–Crippen LogP) is 2.40. The van der Waals surface area contributed by atoms with Crippen LogP contribution in [0.5, 0.6) is 0 Å². The molecule has 1 aliphatic heterocycles. The molecular weight excluding hydrogens is 352 g/mol. The zero-order valence-electron chi connectivity index (χ0n) is 14.4. The van der Waals surface area contributed by atoms with Gasteiger partial charge in [0.2, 0.25) is 10.0 Å². The number of nitrogens with one attached hydrogen (secondary N) is 1. The van der Waals surface area contributed by atoms with Crippen molar-refractivity contribution in [1.29, 1.82) is 0 Å². The molecule has 1 aliphatic rings. The van der Waals surface area contributed by atoms with Crippen LogP contribution in [0.1, 0.15) is 27.1 Å². The number of ketones is 1. The molecule has 0 aliphatic carbocycles. The van der Waals surface area contributed by atoms with Crippen LogP contribution in [-0.2, 0) is 10.0 Å². The minimum absolute atomic E-state index is 0.0285. The van der Waals surface area contributed by atoms with Crippen LogP contribution in [0.15, 0.2) is 54.6 Å². The van der Waals surface area contributed by atoms with E-state index in [9.17, 15) is 18.0 Å². The number of Topliss-reactive ketones (excluding diaryl/α,β-unsaturated/α-hetero) is 1. The molecule has 1 atom stereocenters. The molecule has 0 aromatic heterocycles. The van der Waals surface area contributed by atoms with E-state index in [2.05, 4.69) is 4.72 Å². The molecular formula is C19H20N2O4S. The summed E-state index contributed by atoms with van der Waals surface area (Å²) >= 11 is 0. The number of hydrogen-bond acceptors (Lipinski definition) is 4. The summed E-state index contributed by atoms with van der Waals surface area (Å²) in [5.74, 6) is -0.329. The minimum atomic E-state index is -3.35. The van der Waals surface area contributed by atoms with Crippen LogP contribution in [0.4, 0.5) is 5.69 Å². The van der Waals surface area contributed by atoms with E-state index in [0.717, 1.165) is 6.26 Å². The van der Waals surface area contributed by atoms with Crippen molar-refractivity contribution in [3.8, 4) is 0 Å². The predicted molar refractivity (Wildman–Crippen MR) is 99.7 cm³/mol. The maximum atomic E-state index is 12.7. The number of nitrogens with zero attached hydrogens (tertiary/aromatic N) is 1. The van der Waals surface area contributed by atoms with E-state index in [1.165, 1.54) is 0 Å². The summed E-state index contributed by atoms with van der Waals surface area (Å²) < 4.78 is 24.8. The van der Waals surface area contributed by atoms with Gasteiger partial charge in [-0.3, -0.25) is 14.3 Å². The monoisotopic (exact) mass is 372 g/mol. The van der Waals surface area contributed by atoms with Gasteiger partial charge in [0.05, 0.1) is 6.26 Å². The van der Waals surface area contributed by atoms with Gasteiger partial charge in [-0.25, -0.2) is 8.42 Å². The lowest BCUT2D eigenvalue weighted by atomic mass is 9.97. The van der Waals surface area contributed by atoms with Crippen molar-refractivity contribution in [2.24, 2.45) is 5.92 Å². The van der Waals surface area contributed by atoms with Crippen molar-refractivity contribution in [3.63, 3.8) is 0 Å². The van der Waals surface area contributed by atoms with Gasteiger partial charge in [0, 0.05) is 35.8 Å². The third kappa shape index (κ3) is 4.29. The fraction of sp³-hybridized carbons (Fsp3) is 0.263. The third-order valence-electron chi connectivity index (χ3n) is 4.34. The van der Waals surface area contributed by atoms with Crippen molar-refractivity contribution in [2.45, 2.75) is 6.42 Å². The largest absolute Gasteiger partial charge is 0.338 e. The van der Waals surface area contributed by atoms with Gasteiger partial charge in [-0.05, 0) is 42.8 Å². The second kappa shape index (κ2) is 7.29. The van der Waals surface area contributed by atoms with Gasteiger partial charge >= 0.3 is 0 Å². The third-order valence-corrected chi connectivity index (χ3v) is 4.95. The highest BCUT2D eigenvalue weighted by atomic mass is 32.2. The lowest BCUT2D eigenvalue weighted by Gasteiger charge is -2.16. The van der Waals surface area contributed by atoms with Crippen LogP contribution < -0.4 is 4.72 Å². The summed E-state index contributed by atoms with van der Waals surface area (Å²) in [6.07, 6.45) is 1.70. The normalized spacial score (nSPS) is 17.1. The second-order valence-corrected chi connectivity index (χ2v) is 8.17. The average Bonchev–Trinajstić information content (AvgIpc) is 3.10. The van der Waals surface area contributed by atoms with E-state index < -0.39 is 10.0 Å². The fourth-order valence-electron chi connectivity index (χ4n) is 3.07. The molecule has 2 aromatic rings. The Hall–Kier alpha value is -2.67. The Labute approximate surface area is 152 Å². The van der Waals surface area contributed by atoms with Gasteiger partial charge in [0.15, 0.2) is 5.78 Å². The zero-order valence-corrected chi connectivity index (χ0v) is 15.2. The zero-order chi connectivity index (χ0) is 18.7. The van der Waals surface area contributed by atoms with Gasteiger partial charge in [0.25, 0.3) is 5.91 Å². The van der Waals surface area contributed by atoms with Gasteiger partial charge < -0.3 is 4.90 Å². The van der Waals surface area contributed by atoms with Crippen molar-refractivity contribution >= 4 is 27.4 Å². The van der Waals surface area contributed by atoms with E-state index in [4.69, 9.17) is 0 Å². The first kappa shape index (κ1) is 18.1. The van der Waals surface area contributed by atoms with Crippen LogP contribution >= 0.6 is 0 Å². The molecule has 1 amide bonds.